The topological polar surface area (TPSA) is 78.9 Å². The first-order valence-corrected chi connectivity index (χ1v) is 10.4. The molecule has 2 aliphatic rings. The second-order valence-corrected chi connectivity index (χ2v) is 7.49. The third kappa shape index (κ3) is 3.43. The second kappa shape index (κ2) is 8.22. The van der Waals surface area contributed by atoms with Gasteiger partial charge in [0.05, 0.1) is 24.0 Å². The Morgan fingerprint density at radius 3 is 2.77 bits per heavy atom. The fourth-order valence-electron chi connectivity index (χ4n) is 4.27. The van der Waals surface area contributed by atoms with Crippen LogP contribution in [0, 0.1) is 0 Å². The molecule has 30 heavy (non-hydrogen) atoms. The van der Waals surface area contributed by atoms with Crippen molar-refractivity contribution >= 4 is 23.1 Å². The van der Waals surface area contributed by atoms with Crippen LogP contribution in [0.25, 0.3) is 0 Å². The first-order chi connectivity index (χ1) is 14.5. The van der Waals surface area contributed by atoms with Crippen molar-refractivity contribution in [3.63, 3.8) is 0 Å². The molecule has 0 unspecified atom stereocenters. The number of ether oxygens (including phenoxy) is 1. The SMILES string of the molecule is CCOc1cc([C@@H]2C3=C(CCCC3=O)Nc3ccccc3N2C(=O)CC)ccc1O. The maximum Gasteiger partial charge on any atom is 0.227 e. The molecule has 0 aromatic heterocycles. The number of nitrogens with zero attached hydrogens (tertiary/aromatic N) is 1. The molecule has 6 heteroatoms. The number of ketones is 1. The number of phenols is 1. The van der Waals surface area contributed by atoms with Gasteiger partial charge < -0.3 is 15.2 Å². The lowest BCUT2D eigenvalue weighted by Gasteiger charge is -2.34. The zero-order chi connectivity index (χ0) is 21.3. The average Bonchev–Trinajstić information content (AvgIpc) is 2.90. The Hall–Kier alpha value is -3.28. The van der Waals surface area contributed by atoms with Crippen LogP contribution >= 0.6 is 0 Å². The summed E-state index contributed by atoms with van der Waals surface area (Å²) in [5.41, 5.74) is 3.77. The van der Waals surface area contributed by atoms with E-state index in [-0.39, 0.29) is 17.4 Å². The molecule has 0 saturated heterocycles. The van der Waals surface area contributed by atoms with Gasteiger partial charge in [-0.1, -0.05) is 25.1 Å². The number of Topliss-reactive ketones (excluding diaryl/α,β-unsaturated/α-hetero) is 1. The highest BCUT2D eigenvalue weighted by Gasteiger charge is 2.39. The van der Waals surface area contributed by atoms with Crippen molar-refractivity contribution in [2.45, 2.75) is 45.6 Å². The smallest absolute Gasteiger partial charge is 0.227 e. The van der Waals surface area contributed by atoms with Gasteiger partial charge in [-0.05, 0) is 49.6 Å². The van der Waals surface area contributed by atoms with Gasteiger partial charge in [-0.15, -0.1) is 0 Å². The lowest BCUT2D eigenvalue weighted by Crippen LogP contribution is -2.37. The Balaban J connectivity index is 1.98. The van der Waals surface area contributed by atoms with Crippen molar-refractivity contribution in [2.75, 3.05) is 16.8 Å². The van der Waals surface area contributed by atoms with E-state index in [0.29, 0.717) is 30.8 Å². The highest BCUT2D eigenvalue weighted by atomic mass is 16.5. The number of allylic oxidation sites excluding steroid dienone is 1. The molecule has 1 amide bonds. The Labute approximate surface area is 176 Å². The normalized spacial score (nSPS) is 18.3. The van der Waals surface area contributed by atoms with E-state index in [1.54, 1.807) is 23.1 Å². The third-order valence-corrected chi connectivity index (χ3v) is 5.61. The van der Waals surface area contributed by atoms with Gasteiger partial charge in [0.1, 0.15) is 0 Å². The monoisotopic (exact) mass is 406 g/mol. The number of carbonyl (C=O) groups excluding carboxylic acids is 2. The summed E-state index contributed by atoms with van der Waals surface area (Å²) in [4.78, 5) is 28.1. The summed E-state index contributed by atoms with van der Waals surface area (Å²) >= 11 is 0. The average molecular weight is 406 g/mol. The number of hydrogen-bond acceptors (Lipinski definition) is 5. The van der Waals surface area contributed by atoms with E-state index in [9.17, 15) is 14.7 Å². The van der Waals surface area contributed by atoms with E-state index in [1.165, 1.54) is 0 Å². The minimum absolute atomic E-state index is 0.0327. The fourth-order valence-corrected chi connectivity index (χ4v) is 4.27. The minimum atomic E-state index is -0.587. The van der Waals surface area contributed by atoms with E-state index in [1.807, 2.05) is 38.1 Å². The van der Waals surface area contributed by atoms with Crippen molar-refractivity contribution in [2.24, 2.45) is 0 Å². The maximum atomic E-state index is 13.2. The van der Waals surface area contributed by atoms with Crippen LogP contribution in [0.5, 0.6) is 11.5 Å². The number of amides is 1. The van der Waals surface area contributed by atoms with E-state index in [2.05, 4.69) is 5.32 Å². The van der Waals surface area contributed by atoms with Gasteiger partial charge in [-0.2, -0.15) is 0 Å². The molecule has 2 N–H and O–H groups in total. The largest absolute Gasteiger partial charge is 0.504 e. The number of para-hydroxylation sites is 2. The van der Waals surface area contributed by atoms with Gasteiger partial charge in [0, 0.05) is 24.1 Å². The Morgan fingerprint density at radius 2 is 2.00 bits per heavy atom. The van der Waals surface area contributed by atoms with E-state index < -0.39 is 6.04 Å². The molecular weight excluding hydrogens is 380 g/mol. The van der Waals surface area contributed by atoms with Gasteiger partial charge in [-0.3, -0.25) is 14.5 Å². The molecule has 1 heterocycles. The Kier molecular flexibility index (Phi) is 5.48. The number of anilines is 2. The van der Waals surface area contributed by atoms with Gasteiger partial charge >= 0.3 is 0 Å². The number of phenolic OH excluding ortho intramolecular Hbond substituents is 1. The summed E-state index contributed by atoms with van der Waals surface area (Å²) < 4.78 is 5.58. The highest BCUT2D eigenvalue weighted by Crippen LogP contribution is 2.46. The molecule has 0 fully saturated rings. The molecule has 0 spiro atoms. The molecule has 1 aliphatic heterocycles. The molecule has 6 nitrogen and oxygen atoms in total. The summed E-state index contributed by atoms with van der Waals surface area (Å²) in [6.45, 7) is 4.06. The molecule has 1 atom stereocenters. The molecule has 2 aromatic carbocycles. The van der Waals surface area contributed by atoms with E-state index >= 15 is 0 Å². The van der Waals surface area contributed by atoms with Gasteiger partial charge in [0.25, 0.3) is 0 Å². The van der Waals surface area contributed by atoms with Crippen molar-refractivity contribution in [1.29, 1.82) is 0 Å². The standard InChI is InChI=1S/C24H26N2O4/c1-3-22(29)26-18-10-6-5-8-16(18)25-17-9-7-11-20(28)23(17)24(26)15-12-13-19(27)21(14-15)30-4-2/h5-6,8,10,12-14,24-25,27H,3-4,7,9,11H2,1-2H3/t24-/m1/s1. The number of fused-ring (bicyclic) bond motifs is 1. The zero-order valence-corrected chi connectivity index (χ0v) is 17.3. The lowest BCUT2D eigenvalue weighted by molar-refractivity contribution is -0.118. The second-order valence-electron chi connectivity index (χ2n) is 7.49. The van der Waals surface area contributed by atoms with E-state index in [4.69, 9.17) is 4.74 Å². The number of hydrogen-bond donors (Lipinski definition) is 2. The minimum Gasteiger partial charge on any atom is -0.504 e. The lowest BCUT2D eigenvalue weighted by atomic mass is 9.85. The zero-order valence-electron chi connectivity index (χ0n) is 17.3. The maximum absolute atomic E-state index is 13.2. The molecule has 1 aliphatic carbocycles. The molecular formula is C24H26N2O4. The van der Waals surface area contributed by atoms with E-state index in [0.717, 1.165) is 35.5 Å². The Morgan fingerprint density at radius 1 is 1.20 bits per heavy atom. The van der Waals surface area contributed by atoms with Crippen LogP contribution in [0.15, 0.2) is 53.7 Å². The first kappa shape index (κ1) is 20.0. The van der Waals surface area contributed by atoms with Crippen LogP contribution in [0.3, 0.4) is 0 Å². The van der Waals surface area contributed by atoms with Crippen molar-refractivity contribution in [3.05, 3.63) is 59.3 Å². The van der Waals surface area contributed by atoms with Gasteiger partial charge in [0.15, 0.2) is 17.3 Å². The van der Waals surface area contributed by atoms with Crippen LogP contribution in [0.2, 0.25) is 0 Å². The first-order valence-electron chi connectivity index (χ1n) is 10.4. The van der Waals surface area contributed by atoms with Crippen LogP contribution < -0.4 is 15.0 Å². The molecule has 4 rings (SSSR count). The molecule has 0 bridgehead atoms. The van der Waals surface area contributed by atoms with Gasteiger partial charge in [0.2, 0.25) is 5.91 Å². The van der Waals surface area contributed by atoms with Crippen molar-refractivity contribution in [3.8, 4) is 11.5 Å². The van der Waals surface area contributed by atoms with Crippen LogP contribution in [0.4, 0.5) is 11.4 Å². The molecule has 0 radical (unpaired) electrons. The van der Waals surface area contributed by atoms with Crippen LogP contribution in [-0.2, 0) is 9.59 Å². The third-order valence-electron chi connectivity index (χ3n) is 5.61. The fraction of sp³-hybridized carbons (Fsp3) is 0.333. The molecule has 2 aromatic rings. The van der Waals surface area contributed by atoms with Gasteiger partial charge in [-0.25, -0.2) is 0 Å². The summed E-state index contributed by atoms with van der Waals surface area (Å²) in [6, 6.07) is 12.1. The summed E-state index contributed by atoms with van der Waals surface area (Å²) in [7, 11) is 0. The van der Waals surface area contributed by atoms with Crippen LogP contribution in [-0.4, -0.2) is 23.4 Å². The number of rotatable bonds is 4. The summed E-state index contributed by atoms with van der Waals surface area (Å²) in [6.07, 6.45) is 2.29. The Bertz CT molecular complexity index is 1030. The number of aromatic hydroxyl groups is 1. The number of benzene rings is 2. The number of nitrogens with one attached hydrogen (secondary N) is 1. The molecule has 156 valence electrons. The number of carbonyl (C=O) groups is 2. The van der Waals surface area contributed by atoms with Crippen molar-refractivity contribution in [1.82, 2.24) is 0 Å². The van der Waals surface area contributed by atoms with Crippen LogP contribution in [0.1, 0.15) is 51.1 Å². The predicted octanol–water partition coefficient (Wildman–Crippen LogP) is 4.71. The summed E-state index contributed by atoms with van der Waals surface area (Å²) in [5, 5.41) is 13.6. The molecule has 0 saturated carbocycles. The predicted molar refractivity (Wildman–Crippen MR) is 116 cm³/mol. The quantitative estimate of drug-likeness (QED) is 0.769. The summed E-state index contributed by atoms with van der Waals surface area (Å²) in [5.74, 6) is 0.342. The highest BCUT2D eigenvalue weighted by molar-refractivity contribution is 6.06. The van der Waals surface area contributed by atoms with Crippen molar-refractivity contribution < 1.29 is 19.4 Å².